The lowest BCUT2D eigenvalue weighted by Gasteiger charge is -2.11. The molecule has 0 radical (unpaired) electrons. The summed E-state index contributed by atoms with van der Waals surface area (Å²) < 4.78 is 24.8. The first-order chi connectivity index (χ1) is 10.5. The van der Waals surface area contributed by atoms with E-state index in [0.29, 0.717) is 24.2 Å². The van der Waals surface area contributed by atoms with Crippen molar-refractivity contribution < 1.29 is 13.2 Å². The van der Waals surface area contributed by atoms with E-state index < -0.39 is 9.84 Å². The summed E-state index contributed by atoms with van der Waals surface area (Å²) in [6, 6.07) is 3.74. The van der Waals surface area contributed by atoms with Crippen molar-refractivity contribution in [2.24, 2.45) is 0 Å². The number of aromatic nitrogens is 2. The minimum atomic E-state index is -2.97. The van der Waals surface area contributed by atoms with Gasteiger partial charge in [0, 0.05) is 10.6 Å². The Morgan fingerprint density at radius 1 is 1.55 bits per heavy atom. The van der Waals surface area contributed by atoms with E-state index in [9.17, 15) is 13.2 Å². The number of carbonyl (C=O) groups excluding carboxylic acids is 1. The van der Waals surface area contributed by atoms with Crippen molar-refractivity contribution in [2.45, 2.75) is 25.9 Å². The molecule has 0 unspecified atom stereocenters. The highest BCUT2D eigenvalue weighted by Crippen LogP contribution is 2.25. The predicted octanol–water partition coefficient (Wildman–Crippen LogP) is 1.54. The topological polar surface area (TPSA) is 81.1 Å². The molecular formula is C14H17N3O3S2. The Labute approximate surface area is 133 Å². The third kappa shape index (κ3) is 3.07. The van der Waals surface area contributed by atoms with Gasteiger partial charge in [0.2, 0.25) is 0 Å². The van der Waals surface area contributed by atoms with Gasteiger partial charge >= 0.3 is 0 Å². The smallest absolute Gasteiger partial charge is 0.255 e. The van der Waals surface area contributed by atoms with Crippen LogP contribution >= 0.6 is 11.3 Å². The van der Waals surface area contributed by atoms with Gasteiger partial charge in [-0.05, 0) is 24.8 Å². The van der Waals surface area contributed by atoms with Crippen molar-refractivity contribution in [3.8, 4) is 0 Å². The van der Waals surface area contributed by atoms with Gasteiger partial charge < -0.3 is 5.32 Å². The molecule has 3 rings (SSSR count). The minimum Gasteiger partial charge on any atom is -0.347 e. The summed E-state index contributed by atoms with van der Waals surface area (Å²) in [6.45, 7) is 2.29. The number of rotatable bonds is 4. The Hall–Kier alpha value is -1.67. The average molecular weight is 339 g/mol. The molecule has 1 amide bonds. The maximum Gasteiger partial charge on any atom is 0.255 e. The van der Waals surface area contributed by atoms with Gasteiger partial charge in [0.25, 0.3) is 5.91 Å². The van der Waals surface area contributed by atoms with Gasteiger partial charge in [0.1, 0.15) is 0 Å². The first-order valence-electron chi connectivity index (χ1n) is 7.01. The predicted molar refractivity (Wildman–Crippen MR) is 84.8 cm³/mol. The quantitative estimate of drug-likeness (QED) is 0.916. The molecule has 1 aliphatic rings. The second-order valence-corrected chi connectivity index (χ2v) is 8.67. The van der Waals surface area contributed by atoms with Crippen LogP contribution in [0.25, 0.3) is 0 Å². The lowest BCUT2D eigenvalue weighted by atomic mass is 10.2. The maximum atomic E-state index is 12.2. The maximum absolute atomic E-state index is 12.2. The summed E-state index contributed by atoms with van der Waals surface area (Å²) in [5, 5.41) is 9.05. The Morgan fingerprint density at radius 2 is 2.36 bits per heavy atom. The van der Waals surface area contributed by atoms with E-state index in [1.807, 2.05) is 17.5 Å². The molecule has 2 aromatic heterocycles. The molecule has 1 aliphatic heterocycles. The molecule has 0 spiro atoms. The van der Waals surface area contributed by atoms with Gasteiger partial charge in [0.15, 0.2) is 9.84 Å². The summed E-state index contributed by atoms with van der Waals surface area (Å²) in [4.78, 5) is 13.3. The molecule has 6 nitrogen and oxygen atoms in total. The van der Waals surface area contributed by atoms with Crippen LogP contribution < -0.4 is 5.32 Å². The molecule has 2 aromatic rings. The average Bonchev–Trinajstić information content (AvgIpc) is 3.16. The molecule has 0 aromatic carbocycles. The minimum absolute atomic E-state index is 0.103. The molecular weight excluding hydrogens is 322 g/mol. The molecule has 1 atom stereocenters. The normalized spacial score (nSPS) is 20.1. The highest BCUT2D eigenvalue weighted by atomic mass is 32.2. The van der Waals surface area contributed by atoms with Gasteiger partial charge in [-0.3, -0.25) is 9.48 Å². The summed E-state index contributed by atoms with van der Waals surface area (Å²) >= 11 is 1.59. The summed E-state index contributed by atoms with van der Waals surface area (Å²) in [6.07, 6.45) is 2.07. The Bertz CT molecular complexity index is 778. The number of nitrogens with zero attached hydrogens (tertiary/aromatic N) is 2. The number of thiophene rings is 1. The molecule has 1 saturated heterocycles. The number of sulfone groups is 1. The van der Waals surface area contributed by atoms with E-state index in [0.717, 1.165) is 4.88 Å². The monoisotopic (exact) mass is 339 g/mol. The Balaban J connectivity index is 1.71. The summed E-state index contributed by atoms with van der Waals surface area (Å²) in [5.41, 5.74) is 1.21. The van der Waals surface area contributed by atoms with Crippen LogP contribution in [-0.4, -0.2) is 35.6 Å². The molecule has 0 saturated carbocycles. The van der Waals surface area contributed by atoms with Crippen LogP contribution in [0.15, 0.2) is 23.7 Å². The third-order valence-electron chi connectivity index (χ3n) is 3.85. The van der Waals surface area contributed by atoms with Crippen molar-refractivity contribution >= 4 is 27.1 Å². The van der Waals surface area contributed by atoms with Crippen LogP contribution in [0.2, 0.25) is 0 Å². The van der Waals surface area contributed by atoms with Crippen molar-refractivity contribution in [3.63, 3.8) is 0 Å². The molecule has 0 bridgehead atoms. The molecule has 118 valence electrons. The van der Waals surface area contributed by atoms with E-state index in [1.165, 1.54) is 6.20 Å². The van der Waals surface area contributed by atoms with Crippen molar-refractivity contribution in [3.05, 3.63) is 39.8 Å². The first kappa shape index (κ1) is 15.2. The van der Waals surface area contributed by atoms with Gasteiger partial charge in [0.05, 0.1) is 35.9 Å². The molecule has 3 heterocycles. The van der Waals surface area contributed by atoms with Gasteiger partial charge in [-0.15, -0.1) is 11.3 Å². The fraction of sp³-hybridized carbons (Fsp3) is 0.429. The van der Waals surface area contributed by atoms with E-state index in [-0.39, 0.29) is 23.5 Å². The Kier molecular flexibility index (Phi) is 4.05. The zero-order valence-electron chi connectivity index (χ0n) is 12.2. The van der Waals surface area contributed by atoms with E-state index >= 15 is 0 Å². The first-order valence-corrected chi connectivity index (χ1v) is 9.71. The van der Waals surface area contributed by atoms with E-state index in [4.69, 9.17) is 0 Å². The van der Waals surface area contributed by atoms with Gasteiger partial charge in [-0.2, -0.15) is 5.10 Å². The molecule has 8 heteroatoms. The molecule has 1 fully saturated rings. The number of nitrogens with one attached hydrogen (secondary N) is 1. The van der Waals surface area contributed by atoms with E-state index in [2.05, 4.69) is 10.4 Å². The van der Waals surface area contributed by atoms with Crippen molar-refractivity contribution in [1.82, 2.24) is 15.1 Å². The third-order valence-corrected chi connectivity index (χ3v) is 6.47. The number of hydrogen-bond donors (Lipinski definition) is 1. The van der Waals surface area contributed by atoms with Crippen LogP contribution in [0.3, 0.4) is 0 Å². The van der Waals surface area contributed by atoms with Crippen LogP contribution in [-0.2, 0) is 16.4 Å². The highest BCUT2D eigenvalue weighted by molar-refractivity contribution is 7.91. The van der Waals surface area contributed by atoms with Crippen LogP contribution in [0, 0.1) is 6.92 Å². The van der Waals surface area contributed by atoms with Gasteiger partial charge in [-0.1, -0.05) is 6.07 Å². The molecule has 1 N–H and O–H groups in total. The largest absolute Gasteiger partial charge is 0.347 e. The number of hydrogen-bond acceptors (Lipinski definition) is 5. The standard InChI is InChI=1S/C14H17N3O3S2/c1-10-13(14(18)15-7-12-3-2-5-21-12)8-16-17(10)11-4-6-22(19,20)9-11/h2-3,5,8,11H,4,6-7,9H2,1H3,(H,15,18)/t11-/m1/s1. The zero-order chi connectivity index (χ0) is 15.7. The second kappa shape index (κ2) is 5.85. The van der Waals surface area contributed by atoms with Crippen molar-refractivity contribution in [1.29, 1.82) is 0 Å². The highest BCUT2D eigenvalue weighted by Gasteiger charge is 2.31. The molecule has 22 heavy (non-hydrogen) atoms. The SMILES string of the molecule is Cc1c(C(=O)NCc2cccs2)cnn1[C@@H]1CCS(=O)(=O)C1. The van der Waals surface area contributed by atoms with Crippen LogP contribution in [0.4, 0.5) is 0 Å². The van der Waals surface area contributed by atoms with Gasteiger partial charge in [-0.25, -0.2) is 8.42 Å². The lowest BCUT2D eigenvalue weighted by molar-refractivity contribution is 0.0950. The number of amides is 1. The van der Waals surface area contributed by atoms with Crippen molar-refractivity contribution in [2.75, 3.05) is 11.5 Å². The second-order valence-electron chi connectivity index (χ2n) is 5.41. The Morgan fingerprint density at radius 3 is 3.00 bits per heavy atom. The number of carbonyl (C=O) groups is 1. The fourth-order valence-corrected chi connectivity index (χ4v) is 5.00. The zero-order valence-corrected chi connectivity index (χ0v) is 13.8. The summed E-state index contributed by atoms with van der Waals surface area (Å²) in [7, 11) is -2.97. The fourth-order valence-electron chi connectivity index (χ4n) is 2.66. The van der Waals surface area contributed by atoms with E-state index in [1.54, 1.807) is 22.9 Å². The lowest BCUT2D eigenvalue weighted by Crippen LogP contribution is -2.23. The van der Waals surface area contributed by atoms with Crippen LogP contribution in [0.5, 0.6) is 0 Å². The molecule has 0 aliphatic carbocycles. The summed E-state index contributed by atoms with van der Waals surface area (Å²) in [5.74, 6) is 0.112. The van der Waals surface area contributed by atoms with Crippen LogP contribution in [0.1, 0.15) is 33.4 Å².